The molecule has 4 aromatic heterocycles. The number of carbonyl (C=O) groups is 3. The predicted octanol–water partition coefficient (Wildman–Crippen LogP) is 9.59. The van der Waals surface area contributed by atoms with Crippen LogP contribution in [0, 0.1) is 0 Å². The highest BCUT2D eigenvalue weighted by Gasteiger charge is 2.33. The normalized spacial score (nSPS) is 17.7. The van der Waals surface area contributed by atoms with E-state index in [-0.39, 0.29) is 48.9 Å². The molecule has 2 atom stereocenters. The summed E-state index contributed by atoms with van der Waals surface area (Å²) in [5.41, 5.74) is 11.0. The Labute approximate surface area is 455 Å². The van der Waals surface area contributed by atoms with Gasteiger partial charge in [0.15, 0.2) is 22.7 Å². The SMILES string of the molecule is CCOC(=O)c1cc(-c2ccc(N3CCOCC3)cc2)c2c(C(C)C)nn(C3CCN(C(=O)OCc4ccccc4)C3)c2n1.CCOC(=O)c1cc(-c2ccc(N3CCOCC3)cc2)c2c(C(C)C)nn(C3CCNC3)c2n1. The van der Waals surface area contributed by atoms with Crippen LogP contribution < -0.4 is 15.1 Å². The number of hydrogen-bond acceptors (Lipinski definition) is 15. The van der Waals surface area contributed by atoms with Crippen LogP contribution in [0.5, 0.6) is 0 Å². The zero-order valence-corrected chi connectivity index (χ0v) is 45.8. The van der Waals surface area contributed by atoms with Crippen LogP contribution in [0.25, 0.3) is 44.3 Å². The average molecular weight is 1060 g/mol. The molecule has 0 saturated carbocycles. The Morgan fingerprint density at radius 2 is 1.10 bits per heavy atom. The third-order valence-corrected chi connectivity index (χ3v) is 14.9. The Kier molecular flexibility index (Phi) is 17.0. The van der Waals surface area contributed by atoms with Gasteiger partial charge in [0.1, 0.15) is 6.61 Å². The van der Waals surface area contributed by atoms with Crippen molar-refractivity contribution in [2.75, 3.05) is 102 Å². The molecule has 0 bridgehead atoms. The van der Waals surface area contributed by atoms with Crippen molar-refractivity contribution >= 4 is 51.5 Å². The van der Waals surface area contributed by atoms with E-state index in [1.807, 2.05) is 58.8 Å². The van der Waals surface area contributed by atoms with Gasteiger partial charge >= 0.3 is 18.0 Å². The van der Waals surface area contributed by atoms with E-state index < -0.39 is 11.9 Å². The Morgan fingerprint density at radius 1 is 0.615 bits per heavy atom. The number of anilines is 2. The van der Waals surface area contributed by atoms with E-state index in [2.05, 4.69) is 91.3 Å². The van der Waals surface area contributed by atoms with Gasteiger partial charge in [0.25, 0.3) is 0 Å². The number of ether oxygens (including phenoxy) is 5. The van der Waals surface area contributed by atoms with Crippen molar-refractivity contribution in [1.82, 2.24) is 39.7 Å². The van der Waals surface area contributed by atoms with Gasteiger partial charge in [-0.05, 0) is 109 Å². The Bertz CT molecular complexity index is 3200. The Morgan fingerprint density at radius 3 is 1.55 bits per heavy atom. The van der Waals surface area contributed by atoms with Crippen molar-refractivity contribution in [3.63, 3.8) is 0 Å². The predicted molar refractivity (Wildman–Crippen MR) is 300 cm³/mol. The molecule has 4 aliphatic heterocycles. The Balaban J connectivity index is 0.000000182. The quantitative estimate of drug-likeness (QED) is 0.0803. The molecule has 78 heavy (non-hydrogen) atoms. The second-order valence-electron chi connectivity index (χ2n) is 20.8. The lowest BCUT2D eigenvalue weighted by molar-refractivity contribution is 0.0510. The topological polar surface area (TPSA) is 181 Å². The zero-order valence-electron chi connectivity index (χ0n) is 45.8. The minimum absolute atomic E-state index is 0.105. The molecule has 3 aromatic carbocycles. The lowest BCUT2D eigenvalue weighted by Crippen LogP contribution is -2.36. The van der Waals surface area contributed by atoms with Crippen LogP contribution in [0.1, 0.15) is 116 Å². The third kappa shape index (κ3) is 11.7. The van der Waals surface area contributed by atoms with E-state index in [9.17, 15) is 14.4 Å². The Hall–Kier alpha value is -7.41. The van der Waals surface area contributed by atoms with Crippen LogP contribution in [0.15, 0.2) is 91.0 Å². The fourth-order valence-corrected chi connectivity index (χ4v) is 10.8. The number of carbonyl (C=O) groups excluding carboxylic acids is 3. The maximum atomic E-state index is 13.0. The molecule has 4 fully saturated rings. The maximum Gasteiger partial charge on any atom is 0.410 e. The van der Waals surface area contributed by atoms with Gasteiger partial charge in [-0.3, -0.25) is 0 Å². The molecule has 2 unspecified atom stereocenters. The van der Waals surface area contributed by atoms with E-state index in [1.54, 1.807) is 11.8 Å². The highest BCUT2D eigenvalue weighted by Crippen LogP contribution is 2.39. The van der Waals surface area contributed by atoms with Crippen molar-refractivity contribution in [2.45, 2.75) is 84.9 Å². The number of hydrogen-bond donors (Lipinski definition) is 1. The summed E-state index contributed by atoms with van der Waals surface area (Å²) in [4.78, 5) is 54.7. The fourth-order valence-electron chi connectivity index (χ4n) is 10.8. The van der Waals surface area contributed by atoms with Crippen LogP contribution in [-0.2, 0) is 30.3 Å². The summed E-state index contributed by atoms with van der Waals surface area (Å²) in [5, 5.41) is 15.5. The lowest BCUT2D eigenvalue weighted by atomic mass is 9.97. The molecule has 0 spiro atoms. The summed E-state index contributed by atoms with van der Waals surface area (Å²) < 4.78 is 31.3. The smallest absolute Gasteiger partial charge is 0.410 e. The number of esters is 2. The second kappa shape index (κ2) is 24.5. The lowest BCUT2D eigenvalue weighted by Gasteiger charge is -2.29. The second-order valence-corrected chi connectivity index (χ2v) is 20.8. The highest BCUT2D eigenvalue weighted by molar-refractivity contribution is 6.01. The van der Waals surface area contributed by atoms with Crippen molar-refractivity contribution in [3.05, 3.63) is 119 Å². The summed E-state index contributed by atoms with van der Waals surface area (Å²) >= 11 is 0. The summed E-state index contributed by atoms with van der Waals surface area (Å²) in [7, 11) is 0. The van der Waals surface area contributed by atoms with Crippen LogP contribution >= 0.6 is 0 Å². The number of nitrogens with zero attached hydrogens (tertiary/aromatic N) is 9. The first-order valence-electron chi connectivity index (χ1n) is 27.7. The van der Waals surface area contributed by atoms with Crippen molar-refractivity contribution < 1.29 is 38.1 Å². The van der Waals surface area contributed by atoms with Crippen LogP contribution in [-0.4, -0.2) is 144 Å². The van der Waals surface area contributed by atoms with Gasteiger partial charge < -0.3 is 43.7 Å². The molecule has 11 rings (SSSR count). The van der Waals surface area contributed by atoms with Gasteiger partial charge in [-0.1, -0.05) is 82.3 Å². The van der Waals surface area contributed by atoms with Crippen LogP contribution in [0.2, 0.25) is 0 Å². The number of nitrogens with one attached hydrogen (secondary N) is 1. The molecule has 1 N–H and O–H groups in total. The fraction of sp³-hybridized carbons (Fsp3) is 0.450. The third-order valence-electron chi connectivity index (χ3n) is 14.9. The van der Waals surface area contributed by atoms with Gasteiger partial charge in [0, 0.05) is 57.2 Å². The molecular weight excluding hydrogens is 989 g/mol. The number of aromatic nitrogens is 6. The number of benzene rings is 3. The summed E-state index contributed by atoms with van der Waals surface area (Å²) in [6.45, 7) is 22.1. The summed E-state index contributed by atoms with van der Waals surface area (Å²) in [6, 6.07) is 30.4. The first-order chi connectivity index (χ1) is 38.0. The molecule has 4 aliphatic rings. The van der Waals surface area contributed by atoms with E-state index in [0.29, 0.717) is 37.5 Å². The molecule has 18 heteroatoms. The number of fused-ring (bicyclic) bond motifs is 2. The number of pyridine rings is 2. The monoisotopic (exact) mass is 1060 g/mol. The number of likely N-dealkylation sites (tertiary alicyclic amines) is 1. The molecule has 4 saturated heterocycles. The minimum Gasteiger partial charge on any atom is -0.461 e. The first-order valence-corrected chi connectivity index (χ1v) is 27.7. The number of amides is 1. The van der Waals surface area contributed by atoms with Gasteiger partial charge in [0.2, 0.25) is 0 Å². The van der Waals surface area contributed by atoms with Gasteiger partial charge in [-0.15, -0.1) is 0 Å². The summed E-state index contributed by atoms with van der Waals surface area (Å²) in [5.74, 6) is -0.551. The largest absolute Gasteiger partial charge is 0.461 e. The highest BCUT2D eigenvalue weighted by atomic mass is 16.6. The molecule has 1 amide bonds. The van der Waals surface area contributed by atoms with Crippen molar-refractivity contribution in [3.8, 4) is 22.3 Å². The van der Waals surface area contributed by atoms with E-state index in [4.69, 9.17) is 43.8 Å². The minimum atomic E-state index is -0.475. The van der Waals surface area contributed by atoms with Crippen LogP contribution in [0.4, 0.5) is 16.2 Å². The average Bonchev–Trinajstić information content (AvgIpc) is 4.41. The van der Waals surface area contributed by atoms with E-state index in [0.717, 1.165) is 133 Å². The molecule has 8 heterocycles. The summed E-state index contributed by atoms with van der Waals surface area (Å²) in [6.07, 6.45) is 1.34. The van der Waals surface area contributed by atoms with Crippen LogP contribution in [0.3, 0.4) is 0 Å². The first kappa shape index (κ1) is 54.0. The molecule has 7 aromatic rings. The van der Waals surface area contributed by atoms with E-state index >= 15 is 0 Å². The van der Waals surface area contributed by atoms with Gasteiger partial charge in [0.05, 0.1) is 73.9 Å². The molecule has 410 valence electrons. The molecule has 18 nitrogen and oxygen atoms in total. The van der Waals surface area contributed by atoms with Crippen molar-refractivity contribution in [2.24, 2.45) is 0 Å². The standard InChI is InChI=1S/C34H39N5O5.C26H33N5O3/c1-4-43-33(40)29-20-28(25-10-12-26(13-11-25)37-16-18-42-19-17-37)30-31(23(2)3)36-39(32(30)35-29)27-14-15-38(21-27)34(41)44-22-24-8-6-5-7-9-24;1-4-34-26(32)22-15-21(18-5-7-19(8-6-18)30-11-13-33-14-12-30)23-24(17(2)3)29-31(25(23)28-22)20-9-10-27-16-20/h5-13,20,23,27H,4,14-19,21-22H2,1-3H3;5-8,15,17,20,27H,4,9-14,16H2,1-3H3. The van der Waals surface area contributed by atoms with Crippen molar-refractivity contribution in [1.29, 1.82) is 0 Å². The number of morpholine rings is 2. The molecule has 0 radical (unpaired) electrons. The van der Waals surface area contributed by atoms with E-state index in [1.165, 1.54) is 5.69 Å². The number of rotatable bonds is 14. The zero-order chi connectivity index (χ0) is 54.3. The maximum absolute atomic E-state index is 13.0. The molecule has 0 aliphatic carbocycles. The van der Waals surface area contributed by atoms with Gasteiger partial charge in [-0.2, -0.15) is 10.2 Å². The van der Waals surface area contributed by atoms with Gasteiger partial charge in [-0.25, -0.2) is 33.7 Å². The molecular formula is C60H72N10O8.